The molecule has 6 heteroatoms. The van der Waals surface area contributed by atoms with Crippen LogP contribution in [0.2, 0.25) is 0 Å². The Labute approximate surface area is 134 Å². The molecule has 1 aromatic carbocycles. The average molecular weight is 312 g/mol. The van der Waals surface area contributed by atoms with Gasteiger partial charge < -0.3 is 21.2 Å². The SMILES string of the molecule is NCCNC(=O)c1ccc(-c2ccc(C(N)=NC3CC3)cc2)o1. The van der Waals surface area contributed by atoms with Crippen molar-refractivity contribution in [1.82, 2.24) is 5.32 Å². The number of hydrogen-bond acceptors (Lipinski definition) is 4. The monoisotopic (exact) mass is 312 g/mol. The Morgan fingerprint density at radius 1 is 1.22 bits per heavy atom. The molecule has 0 saturated heterocycles. The summed E-state index contributed by atoms with van der Waals surface area (Å²) < 4.78 is 5.59. The molecule has 0 atom stereocenters. The first-order chi connectivity index (χ1) is 11.2. The molecule has 2 aromatic rings. The molecule has 1 fully saturated rings. The third-order valence-corrected chi connectivity index (χ3v) is 3.59. The molecule has 120 valence electrons. The van der Waals surface area contributed by atoms with E-state index in [1.807, 2.05) is 24.3 Å². The molecule has 0 bridgehead atoms. The van der Waals surface area contributed by atoms with E-state index < -0.39 is 0 Å². The lowest BCUT2D eigenvalue weighted by Crippen LogP contribution is -2.28. The molecule has 0 aliphatic heterocycles. The molecule has 1 aromatic heterocycles. The van der Waals surface area contributed by atoms with E-state index >= 15 is 0 Å². The van der Waals surface area contributed by atoms with Crippen molar-refractivity contribution in [2.24, 2.45) is 16.5 Å². The Hall–Kier alpha value is -2.60. The summed E-state index contributed by atoms with van der Waals surface area (Å²) >= 11 is 0. The van der Waals surface area contributed by atoms with E-state index in [2.05, 4.69) is 10.3 Å². The quantitative estimate of drug-likeness (QED) is 0.555. The minimum absolute atomic E-state index is 0.265. The van der Waals surface area contributed by atoms with Crippen LogP contribution in [0.5, 0.6) is 0 Å². The van der Waals surface area contributed by atoms with E-state index in [1.165, 1.54) is 0 Å². The van der Waals surface area contributed by atoms with E-state index in [0.29, 0.717) is 30.7 Å². The van der Waals surface area contributed by atoms with Gasteiger partial charge in [0.1, 0.15) is 11.6 Å². The predicted octanol–water partition coefficient (Wildman–Crippen LogP) is 1.50. The second-order valence-corrected chi connectivity index (χ2v) is 5.53. The maximum Gasteiger partial charge on any atom is 0.287 e. The van der Waals surface area contributed by atoms with E-state index in [9.17, 15) is 4.79 Å². The number of rotatable bonds is 6. The molecule has 23 heavy (non-hydrogen) atoms. The van der Waals surface area contributed by atoms with Gasteiger partial charge in [-0.1, -0.05) is 24.3 Å². The van der Waals surface area contributed by atoms with Gasteiger partial charge in [-0.3, -0.25) is 9.79 Å². The fraction of sp³-hybridized carbons (Fsp3) is 0.294. The molecule has 0 radical (unpaired) electrons. The summed E-state index contributed by atoms with van der Waals surface area (Å²) in [6.45, 7) is 0.813. The van der Waals surface area contributed by atoms with E-state index in [1.54, 1.807) is 12.1 Å². The lowest BCUT2D eigenvalue weighted by molar-refractivity contribution is 0.0928. The van der Waals surface area contributed by atoms with Crippen molar-refractivity contribution in [1.29, 1.82) is 0 Å². The van der Waals surface area contributed by atoms with Crippen LogP contribution in [-0.2, 0) is 0 Å². The number of furan rings is 1. The van der Waals surface area contributed by atoms with Crippen LogP contribution >= 0.6 is 0 Å². The third kappa shape index (κ3) is 3.78. The van der Waals surface area contributed by atoms with Crippen LogP contribution in [0, 0.1) is 0 Å². The largest absolute Gasteiger partial charge is 0.451 e. The zero-order chi connectivity index (χ0) is 16.2. The summed E-state index contributed by atoms with van der Waals surface area (Å²) in [5, 5.41) is 2.67. The summed E-state index contributed by atoms with van der Waals surface area (Å²) in [5.41, 5.74) is 13.1. The zero-order valence-electron chi connectivity index (χ0n) is 12.8. The lowest BCUT2D eigenvalue weighted by atomic mass is 10.1. The van der Waals surface area contributed by atoms with Crippen LogP contribution in [0.15, 0.2) is 45.8 Å². The molecule has 1 saturated carbocycles. The molecule has 5 N–H and O–H groups in total. The molecular formula is C17H20N4O2. The fourth-order valence-electron chi connectivity index (χ4n) is 2.17. The maximum absolute atomic E-state index is 11.8. The average Bonchev–Trinajstić information content (AvgIpc) is 3.24. The highest BCUT2D eigenvalue weighted by Gasteiger charge is 2.20. The Kier molecular flexibility index (Phi) is 4.43. The van der Waals surface area contributed by atoms with Crippen molar-refractivity contribution >= 4 is 11.7 Å². The van der Waals surface area contributed by atoms with Gasteiger partial charge in [0.2, 0.25) is 0 Å². The normalized spacial score (nSPS) is 14.7. The van der Waals surface area contributed by atoms with Crippen molar-refractivity contribution in [2.45, 2.75) is 18.9 Å². The molecular weight excluding hydrogens is 292 g/mol. The van der Waals surface area contributed by atoms with Crippen LogP contribution in [0.1, 0.15) is 29.0 Å². The van der Waals surface area contributed by atoms with E-state index in [4.69, 9.17) is 15.9 Å². The van der Waals surface area contributed by atoms with Crippen molar-refractivity contribution < 1.29 is 9.21 Å². The second kappa shape index (κ2) is 6.66. The van der Waals surface area contributed by atoms with Crippen molar-refractivity contribution in [3.8, 4) is 11.3 Å². The molecule has 1 heterocycles. The van der Waals surface area contributed by atoms with Crippen molar-refractivity contribution in [3.05, 3.63) is 47.7 Å². The minimum Gasteiger partial charge on any atom is -0.451 e. The fourth-order valence-corrected chi connectivity index (χ4v) is 2.17. The standard InChI is InChI=1S/C17H20N4O2/c18-9-10-20-17(22)15-8-7-14(23-15)11-1-3-12(4-2-11)16(19)21-13-5-6-13/h1-4,7-8,13H,5-6,9-10,18H2,(H2,19,21)(H,20,22). The molecule has 1 amide bonds. The third-order valence-electron chi connectivity index (χ3n) is 3.59. The van der Waals surface area contributed by atoms with Gasteiger partial charge in [0.05, 0.1) is 6.04 Å². The number of nitrogens with two attached hydrogens (primary N) is 2. The van der Waals surface area contributed by atoms with Gasteiger partial charge in [0.15, 0.2) is 5.76 Å². The number of benzene rings is 1. The molecule has 6 nitrogen and oxygen atoms in total. The van der Waals surface area contributed by atoms with Gasteiger partial charge in [-0.15, -0.1) is 0 Å². The highest BCUT2D eigenvalue weighted by molar-refractivity contribution is 5.98. The Balaban J connectivity index is 1.72. The highest BCUT2D eigenvalue weighted by atomic mass is 16.3. The summed E-state index contributed by atoms with van der Waals surface area (Å²) in [5.74, 6) is 1.21. The Morgan fingerprint density at radius 3 is 2.61 bits per heavy atom. The Morgan fingerprint density at radius 2 is 1.96 bits per heavy atom. The first-order valence-electron chi connectivity index (χ1n) is 7.69. The minimum atomic E-state index is -0.265. The number of amidine groups is 1. The topological polar surface area (TPSA) is 107 Å². The highest BCUT2D eigenvalue weighted by Crippen LogP contribution is 2.25. The number of nitrogens with zero attached hydrogens (tertiary/aromatic N) is 1. The van der Waals surface area contributed by atoms with Crippen LogP contribution in [0.4, 0.5) is 0 Å². The summed E-state index contributed by atoms with van der Waals surface area (Å²) in [6.07, 6.45) is 2.25. The van der Waals surface area contributed by atoms with E-state index in [-0.39, 0.29) is 11.7 Å². The number of aliphatic imine (C=N–C) groups is 1. The van der Waals surface area contributed by atoms with Crippen molar-refractivity contribution in [2.75, 3.05) is 13.1 Å². The van der Waals surface area contributed by atoms with Gasteiger partial charge in [-0.05, 0) is 25.0 Å². The van der Waals surface area contributed by atoms with Crippen molar-refractivity contribution in [3.63, 3.8) is 0 Å². The summed E-state index contributed by atoms with van der Waals surface area (Å²) in [6, 6.07) is 11.5. The first kappa shape index (κ1) is 15.3. The van der Waals surface area contributed by atoms with Crippen LogP contribution in [0.3, 0.4) is 0 Å². The maximum atomic E-state index is 11.8. The summed E-state index contributed by atoms with van der Waals surface area (Å²) in [7, 11) is 0. The molecule has 0 spiro atoms. The van der Waals surface area contributed by atoms with Crippen LogP contribution in [0.25, 0.3) is 11.3 Å². The lowest BCUT2D eigenvalue weighted by Gasteiger charge is -2.03. The molecule has 1 aliphatic carbocycles. The van der Waals surface area contributed by atoms with Gasteiger partial charge >= 0.3 is 0 Å². The second-order valence-electron chi connectivity index (χ2n) is 5.53. The van der Waals surface area contributed by atoms with Crippen LogP contribution in [-0.4, -0.2) is 30.9 Å². The van der Waals surface area contributed by atoms with Gasteiger partial charge in [0, 0.05) is 24.2 Å². The smallest absolute Gasteiger partial charge is 0.287 e. The van der Waals surface area contributed by atoms with Gasteiger partial charge in [-0.25, -0.2) is 0 Å². The molecule has 3 rings (SSSR count). The zero-order valence-corrected chi connectivity index (χ0v) is 12.8. The van der Waals surface area contributed by atoms with E-state index in [0.717, 1.165) is 24.0 Å². The number of hydrogen-bond donors (Lipinski definition) is 3. The number of carbonyl (C=O) groups is 1. The first-order valence-corrected chi connectivity index (χ1v) is 7.69. The van der Waals surface area contributed by atoms with Gasteiger partial charge in [-0.2, -0.15) is 0 Å². The molecule has 1 aliphatic rings. The number of carbonyl (C=O) groups excluding carboxylic acids is 1. The van der Waals surface area contributed by atoms with Crippen LogP contribution < -0.4 is 16.8 Å². The predicted molar refractivity (Wildman–Crippen MR) is 89.3 cm³/mol. The number of nitrogens with one attached hydrogen (secondary N) is 1. The summed E-state index contributed by atoms with van der Waals surface area (Å²) in [4.78, 5) is 16.2. The number of amides is 1. The molecule has 0 unspecified atom stereocenters. The van der Waals surface area contributed by atoms with Gasteiger partial charge in [0.25, 0.3) is 5.91 Å². The Bertz CT molecular complexity index is 714.